The molecule has 0 aromatic heterocycles. The van der Waals surface area contributed by atoms with Crippen LogP contribution in [0.3, 0.4) is 0 Å². The summed E-state index contributed by atoms with van der Waals surface area (Å²) in [6.07, 6.45) is -0.579. The van der Waals surface area contributed by atoms with Crippen molar-refractivity contribution in [2.45, 2.75) is 26.5 Å². The number of nitrogens with zero attached hydrogens (tertiary/aromatic N) is 1. The second-order valence-electron chi connectivity index (χ2n) is 6.49. The number of hydrogen-bond donors (Lipinski definition) is 1. The Labute approximate surface area is 143 Å². The molecule has 0 heterocycles. The van der Waals surface area contributed by atoms with Gasteiger partial charge < -0.3 is 9.84 Å². The van der Waals surface area contributed by atoms with Crippen LogP contribution in [0.4, 0.5) is 4.39 Å². The molecule has 4 heteroatoms. The number of rotatable bonds is 9. The van der Waals surface area contributed by atoms with E-state index in [4.69, 9.17) is 4.74 Å². The Hall–Kier alpha value is -1.91. The molecule has 2 rings (SSSR count). The molecule has 0 radical (unpaired) electrons. The number of halogens is 1. The Bertz CT molecular complexity index is 586. The van der Waals surface area contributed by atoms with Gasteiger partial charge in [0.15, 0.2) is 0 Å². The monoisotopic (exact) mass is 331 g/mol. The molecule has 3 nitrogen and oxygen atoms in total. The molecule has 0 aliphatic carbocycles. The summed E-state index contributed by atoms with van der Waals surface area (Å²) in [5.74, 6) is 1.00. The number of aliphatic hydroxyl groups is 1. The van der Waals surface area contributed by atoms with Gasteiger partial charge in [-0.05, 0) is 35.7 Å². The van der Waals surface area contributed by atoms with E-state index in [1.165, 1.54) is 12.1 Å². The normalized spacial score (nSPS) is 12.6. The lowest BCUT2D eigenvalue weighted by Crippen LogP contribution is -2.37. The fourth-order valence-electron chi connectivity index (χ4n) is 2.63. The maximum Gasteiger partial charge on any atom is 0.123 e. The maximum atomic E-state index is 13.0. The molecular weight excluding hydrogens is 305 g/mol. The number of hydrogen-bond acceptors (Lipinski definition) is 3. The Morgan fingerprint density at radius 1 is 1.00 bits per heavy atom. The average Bonchev–Trinajstić information content (AvgIpc) is 2.55. The summed E-state index contributed by atoms with van der Waals surface area (Å²) in [6, 6.07) is 16.0. The maximum absolute atomic E-state index is 13.0. The van der Waals surface area contributed by atoms with E-state index in [2.05, 4.69) is 18.7 Å². The molecule has 24 heavy (non-hydrogen) atoms. The Morgan fingerprint density at radius 2 is 1.67 bits per heavy atom. The van der Waals surface area contributed by atoms with Crippen molar-refractivity contribution in [1.82, 2.24) is 4.90 Å². The predicted molar refractivity (Wildman–Crippen MR) is 94.5 cm³/mol. The Morgan fingerprint density at radius 3 is 2.29 bits per heavy atom. The van der Waals surface area contributed by atoms with Crippen molar-refractivity contribution in [3.63, 3.8) is 0 Å². The highest BCUT2D eigenvalue weighted by molar-refractivity contribution is 5.21. The van der Waals surface area contributed by atoms with Crippen LogP contribution in [0.25, 0.3) is 0 Å². The van der Waals surface area contributed by atoms with E-state index in [0.717, 1.165) is 17.9 Å². The predicted octanol–water partition coefficient (Wildman–Crippen LogP) is 3.72. The average molecular weight is 331 g/mol. The van der Waals surface area contributed by atoms with E-state index >= 15 is 0 Å². The van der Waals surface area contributed by atoms with Gasteiger partial charge in [-0.1, -0.05) is 44.2 Å². The zero-order valence-electron chi connectivity index (χ0n) is 14.4. The molecule has 0 aliphatic heterocycles. The van der Waals surface area contributed by atoms with Gasteiger partial charge in [0.2, 0.25) is 0 Å². The van der Waals surface area contributed by atoms with Crippen molar-refractivity contribution in [2.75, 3.05) is 19.7 Å². The van der Waals surface area contributed by atoms with E-state index in [0.29, 0.717) is 19.0 Å². The van der Waals surface area contributed by atoms with Crippen molar-refractivity contribution in [3.05, 3.63) is 66.0 Å². The highest BCUT2D eigenvalue weighted by Crippen LogP contribution is 2.12. The van der Waals surface area contributed by atoms with Gasteiger partial charge in [0, 0.05) is 19.6 Å². The lowest BCUT2D eigenvalue weighted by atomic mass is 10.1. The SMILES string of the molecule is CC(C)CN(Cc1ccc(F)cc1)C[C@@H](O)COc1ccccc1. The first kappa shape index (κ1) is 18.4. The fourth-order valence-corrected chi connectivity index (χ4v) is 2.63. The standard InChI is InChI=1S/C20H26FNO2/c1-16(2)12-22(13-17-8-10-18(21)11-9-17)14-19(23)15-24-20-6-4-3-5-7-20/h3-11,16,19,23H,12-15H2,1-2H3/t19-/m1/s1. The summed E-state index contributed by atoms with van der Waals surface area (Å²) in [6.45, 7) is 6.60. The van der Waals surface area contributed by atoms with Gasteiger partial charge in [-0.2, -0.15) is 0 Å². The highest BCUT2D eigenvalue weighted by atomic mass is 19.1. The second kappa shape index (κ2) is 9.40. The smallest absolute Gasteiger partial charge is 0.123 e. The molecule has 0 saturated heterocycles. The minimum absolute atomic E-state index is 0.231. The quantitative estimate of drug-likeness (QED) is 0.760. The molecular formula is C20H26FNO2. The van der Waals surface area contributed by atoms with Gasteiger partial charge in [-0.15, -0.1) is 0 Å². The van der Waals surface area contributed by atoms with Crippen LogP contribution in [-0.4, -0.2) is 35.8 Å². The number of para-hydroxylation sites is 1. The molecule has 0 bridgehead atoms. The van der Waals surface area contributed by atoms with Crippen molar-refractivity contribution >= 4 is 0 Å². The summed E-state index contributed by atoms with van der Waals surface area (Å²) in [7, 11) is 0. The molecule has 2 aromatic rings. The molecule has 2 aromatic carbocycles. The van der Waals surface area contributed by atoms with E-state index in [-0.39, 0.29) is 12.4 Å². The topological polar surface area (TPSA) is 32.7 Å². The van der Waals surface area contributed by atoms with Gasteiger partial charge >= 0.3 is 0 Å². The van der Waals surface area contributed by atoms with Crippen molar-refractivity contribution in [3.8, 4) is 5.75 Å². The van der Waals surface area contributed by atoms with E-state index in [9.17, 15) is 9.50 Å². The first-order valence-corrected chi connectivity index (χ1v) is 8.35. The van der Waals surface area contributed by atoms with Crippen LogP contribution >= 0.6 is 0 Å². The van der Waals surface area contributed by atoms with Crippen LogP contribution in [0.2, 0.25) is 0 Å². The third kappa shape index (κ3) is 6.69. The lowest BCUT2D eigenvalue weighted by molar-refractivity contribution is 0.0615. The summed E-state index contributed by atoms with van der Waals surface area (Å²) in [4.78, 5) is 2.18. The molecule has 130 valence electrons. The molecule has 0 fully saturated rings. The molecule has 0 saturated carbocycles. The largest absolute Gasteiger partial charge is 0.491 e. The minimum Gasteiger partial charge on any atom is -0.491 e. The number of aliphatic hydroxyl groups excluding tert-OH is 1. The van der Waals surface area contributed by atoms with E-state index < -0.39 is 6.10 Å². The van der Waals surface area contributed by atoms with Crippen molar-refractivity contribution in [1.29, 1.82) is 0 Å². The molecule has 1 N–H and O–H groups in total. The first-order valence-electron chi connectivity index (χ1n) is 8.35. The Kier molecular flexibility index (Phi) is 7.22. The summed E-state index contributed by atoms with van der Waals surface area (Å²) in [5.41, 5.74) is 1.04. The third-order valence-electron chi connectivity index (χ3n) is 3.60. The molecule has 0 unspecified atom stereocenters. The number of benzene rings is 2. The van der Waals surface area contributed by atoms with Crippen LogP contribution in [0.15, 0.2) is 54.6 Å². The highest BCUT2D eigenvalue weighted by Gasteiger charge is 2.14. The van der Waals surface area contributed by atoms with Crippen molar-refractivity contribution < 1.29 is 14.2 Å². The van der Waals surface area contributed by atoms with Crippen molar-refractivity contribution in [2.24, 2.45) is 5.92 Å². The van der Waals surface area contributed by atoms with Crippen LogP contribution in [-0.2, 0) is 6.54 Å². The minimum atomic E-state index is -0.579. The summed E-state index contributed by atoms with van der Waals surface area (Å²) >= 11 is 0. The van der Waals surface area contributed by atoms with Gasteiger partial charge in [0.1, 0.15) is 24.3 Å². The zero-order valence-corrected chi connectivity index (χ0v) is 14.4. The zero-order chi connectivity index (χ0) is 17.4. The van der Waals surface area contributed by atoms with Gasteiger partial charge in [-0.3, -0.25) is 4.90 Å². The Balaban J connectivity index is 1.88. The van der Waals surface area contributed by atoms with Crippen LogP contribution in [0.5, 0.6) is 5.75 Å². The molecule has 0 amide bonds. The van der Waals surface area contributed by atoms with Crippen LogP contribution in [0, 0.1) is 11.7 Å². The van der Waals surface area contributed by atoms with E-state index in [1.807, 2.05) is 30.3 Å². The second-order valence-corrected chi connectivity index (χ2v) is 6.49. The van der Waals surface area contributed by atoms with Crippen LogP contribution < -0.4 is 4.74 Å². The first-order chi connectivity index (χ1) is 11.5. The lowest BCUT2D eigenvalue weighted by Gasteiger charge is -2.27. The molecule has 0 spiro atoms. The van der Waals surface area contributed by atoms with Gasteiger partial charge in [0.05, 0.1) is 0 Å². The molecule has 0 aliphatic rings. The van der Waals surface area contributed by atoms with Gasteiger partial charge in [-0.25, -0.2) is 4.39 Å². The van der Waals surface area contributed by atoms with Gasteiger partial charge in [0.25, 0.3) is 0 Å². The van der Waals surface area contributed by atoms with Crippen LogP contribution in [0.1, 0.15) is 19.4 Å². The molecule has 1 atom stereocenters. The summed E-state index contributed by atoms with van der Waals surface area (Å²) in [5, 5.41) is 10.3. The van der Waals surface area contributed by atoms with E-state index in [1.54, 1.807) is 12.1 Å². The fraction of sp³-hybridized carbons (Fsp3) is 0.400. The summed E-state index contributed by atoms with van der Waals surface area (Å²) < 4.78 is 18.6. The number of ether oxygens (including phenoxy) is 1. The third-order valence-corrected chi connectivity index (χ3v) is 3.60.